The van der Waals surface area contributed by atoms with Gasteiger partial charge in [0.1, 0.15) is 17.1 Å². The molecule has 38 heavy (non-hydrogen) atoms. The Morgan fingerprint density at radius 3 is 2.50 bits per heavy atom. The van der Waals surface area contributed by atoms with Crippen molar-refractivity contribution in [3.63, 3.8) is 0 Å². The van der Waals surface area contributed by atoms with Crippen LogP contribution in [0.25, 0.3) is 28.3 Å². The lowest BCUT2D eigenvalue weighted by Gasteiger charge is -2.32. The molecule has 0 spiro atoms. The zero-order valence-electron chi connectivity index (χ0n) is 22.0. The van der Waals surface area contributed by atoms with Crippen molar-refractivity contribution in [2.45, 2.75) is 51.8 Å². The Morgan fingerprint density at radius 1 is 1.08 bits per heavy atom. The number of piperidine rings is 1. The van der Waals surface area contributed by atoms with E-state index >= 15 is 0 Å². The zero-order chi connectivity index (χ0) is 26.7. The molecule has 4 aromatic rings. The van der Waals surface area contributed by atoms with Gasteiger partial charge in [-0.05, 0) is 81.1 Å². The number of amides is 1. The van der Waals surface area contributed by atoms with Gasteiger partial charge in [0.2, 0.25) is 0 Å². The molecule has 1 saturated heterocycles. The minimum atomic E-state index is -0.507. The molecule has 0 radical (unpaired) electrons. The van der Waals surface area contributed by atoms with Crippen LogP contribution >= 0.6 is 0 Å². The van der Waals surface area contributed by atoms with E-state index < -0.39 is 5.60 Å². The number of halogens is 1. The summed E-state index contributed by atoms with van der Waals surface area (Å²) in [4.78, 5) is 14.5. The fourth-order valence-corrected chi connectivity index (χ4v) is 4.78. The maximum Gasteiger partial charge on any atom is 0.407 e. The van der Waals surface area contributed by atoms with Crippen molar-refractivity contribution in [2.75, 3.05) is 13.1 Å². The number of aromatic nitrogens is 2. The third kappa shape index (κ3) is 6.14. The van der Waals surface area contributed by atoms with Gasteiger partial charge in [-0.2, -0.15) is 5.10 Å². The van der Waals surface area contributed by atoms with Crippen molar-refractivity contribution in [1.82, 2.24) is 20.0 Å². The number of benzene rings is 2. The molecular formula is C30H33FN4O3. The van der Waals surface area contributed by atoms with Gasteiger partial charge in [-0.1, -0.05) is 24.3 Å². The molecule has 2 aromatic carbocycles. The molecule has 0 atom stereocenters. The summed E-state index contributed by atoms with van der Waals surface area (Å²) in [5.41, 5.74) is 4.11. The van der Waals surface area contributed by atoms with Crippen LogP contribution in [0, 0.1) is 5.82 Å². The first-order valence-electron chi connectivity index (χ1n) is 12.9. The highest BCUT2D eigenvalue weighted by Gasteiger charge is 2.25. The minimum absolute atomic E-state index is 0.102. The standard InChI is InChI=1S/C30H33FN4O3/c1-30(2,3)38-29(36)33-25-13-15-34(16-14-25)20-23-19-32-35(28(23)27-8-5-17-37-27)26-11-9-21(10-12-26)22-6-4-7-24(31)18-22/h4-12,17-19,25H,13-16,20H2,1-3H3,(H,33,36). The fraction of sp³-hybridized carbons (Fsp3) is 0.333. The number of carbonyl (C=O) groups excluding carboxylic acids is 1. The van der Waals surface area contributed by atoms with Crippen LogP contribution in [0.2, 0.25) is 0 Å². The summed E-state index contributed by atoms with van der Waals surface area (Å²) in [6, 6.07) is 18.4. The van der Waals surface area contributed by atoms with Gasteiger partial charge >= 0.3 is 6.09 Å². The van der Waals surface area contributed by atoms with E-state index in [0.717, 1.165) is 66.3 Å². The molecule has 0 saturated carbocycles. The Kier molecular flexibility index (Phi) is 7.33. The lowest BCUT2D eigenvalue weighted by atomic mass is 10.0. The van der Waals surface area contributed by atoms with Crippen LogP contribution in [0.5, 0.6) is 0 Å². The second kappa shape index (κ2) is 10.8. The molecule has 1 fully saturated rings. The van der Waals surface area contributed by atoms with E-state index in [1.165, 1.54) is 12.1 Å². The Bertz CT molecular complexity index is 1370. The van der Waals surface area contributed by atoms with Crippen LogP contribution in [0.4, 0.5) is 9.18 Å². The molecule has 7 nitrogen and oxygen atoms in total. The van der Waals surface area contributed by atoms with Gasteiger partial charge in [-0.3, -0.25) is 4.90 Å². The number of nitrogens with one attached hydrogen (secondary N) is 1. The molecule has 8 heteroatoms. The zero-order valence-corrected chi connectivity index (χ0v) is 22.0. The van der Waals surface area contributed by atoms with Crippen LogP contribution < -0.4 is 5.32 Å². The van der Waals surface area contributed by atoms with Crippen molar-refractivity contribution in [2.24, 2.45) is 0 Å². The molecule has 1 aliphatic heterocycles. The molecule has 1 amide bonds. The van der Waals surface area contributed by atoms with Gasteiger partial charge in [-0.15, -0.1) is 0 Å². The van der Waals surface area contributed by atoms with E-state index in [9.17, 15) is 9.18 Å². The summed E-state index contributed by atoms with van der Waals surface area (Å²) in [6.45, 7) is 8.02. The smallest absolute Gasteiger partial charge is 0.407 e. The molecule has 1 aliphatic rings. The summed E-state index contributed by atoms with van der Waals surface area (Å²) in [7, 11) is 0. The lowest BCUT2D eigenvalue weighted by molar-refractivity contribution is 0.0477. The van der Waals surface area contributed by atoms with Crippen molar-refractivity contribution in [1.29, 1.82) is 0 Å². The number of carbonyl (C=O) groups is 1. The van der Waals surface area contributed by atoms with Gasteiger partial charge in [0.25, 0.3) is 0 Å². The number of nitrogens with zero attached hydrogens (tertiary/aromatic N) is 3. The highest BCUT2D eigenvalue weighted by Crippen LogP contribution is 2.30. The number of hydrogen-bond acceptors (Lipinski definition) is 5. The molecule has 3 heterocycles. The summed E-state index contributed by atoms with van der Waals surface area (Å²) < 4.78 is 26.8. The van der Waals surface area contributed by atoms with Crippen LogP contribution in [0.1, 0.15) is 39.2 Å². The highest BCUT2D eigenvalue weighted by molar-refractivity contribution is 5.68. The first-order chi connectivity index (χ1) is 18.2. The van der Waals surface area contributed by atoms with E-state index in [-0.39, 0.29) is 18.0 Å². The monoisotopic (exact) mass is 516 g/mol. The first kappa shape index (κ1) is 25.7. The molecular weight excluding hydrogens is 483 g/mol. The van der Waals surface area contributed by atoms with Gasteiger partial charge in [-0.25, -0.2) is 13.9 Å². The van der Waals surface area contributed by atoms with Crippen molar-refractivity contribution in [3.8, 4) is 28.3 Å². The average molecular weight is 517 g/mol. The van der Waals surface area contributed by atoms with E-state index in [4.69, 9.17) is 14.3 Å². The van der Waals surface area contributed by atoms with Crippen LogP contribution in [-0.4, -0.2) is 45.5 Å². The normalized spacial score (nSPS) is 14.9. The molecule has 0 aliphatic carbocycles. The molecule has 0 bridgehead atoms. The molecule has 2 aromatic heterocycles. The fourth-order valence-electron chi connectivity index (χ4n) is 4.78. The Morgan fingerprint density at radius 2 is 1.84 bits per heavy atom. The number of likely N-dealkylation sites (tertiary alicyclic amines) is 1. The topological polar surface area (TPSA) is 72.5 Å². The van der Waals surface area contributed by atoms with Crippen molar-refractivity contribution in [3.05, 3.63) is 84.5 Å². The van der Waals surface area contributed by atoms with Crippen molar-refractivity contribution < 1.29 is 18.3 Å². The Balaban J connectivity index is 1.30. The number of ether oxygens (including phenoxy) is 1. The summed E-state index contributed by atoms with van der Waals surface area (Å²) in [6.07, 6.45) is 4.90. The largest absolute Gasteiger partial charge is 0.463 e. The minimum Gasteiger partial charge on any atom is -0.463 e. The highest BCUT2D eigenvalue weighted by atomic mass is 19.1. The van der Waals surface area contributed by atoms with E-state index in [2.05, 4.69) is 10.2 Å². The molecule has 0 unspecified atom stereocenters. The van der Waals surface area contributed by atoms with Gasteiger partial charge in [0.05, 0.1) is 18.1 Å². The van der Waals surface area contributed by atoms with E-state index in [1.54, 1.807) is 12.3 Å². The van der Waals surface area contributed by atoms with Gasteiger partial charge in [0.15, 0.2) is 5.76 Å². The van der Waals surface area contributed by atoms with Crippen molar-refractivity contribution >= 4 is 6.09 Å². The van der Waals surface area contributed by atoms with Crippen LogP contribution in [-0.2, 0) is 11.3 Å². The second-order valence-electron chi connectivity index (χ2n) is 10.7. The Hall–Kier alpha value is -3.91. The predicted octanol–water partition coefficient (Wildman–Crippen LogP) is 6.43. The van der Waals surface area contributed by atoms with E-state index in [1.807, 2.05) is 74.1 Å². The Labute approximate surface area is 222 Å². The lowest BCUT2D eigenvalue weighted by Crippen LogP contribution is -2.45. The average Bonchev–Trinajstić information content (AvgIpc) is 3.54. The van der Waals surface area contributed by atoms with E-state index in [0.29, 0.717) is 0 Å². The van der Waals surface area contributed by atoms with Gasteiger partial charge < -0.3 is 14.5 Å². The number of furan rings is 1. The molecule has 5 rings (SSSR count). The molecule has 198 valence electrons. The van der Waals surface area contributed by atoms with Crippen LogP contribution in [0.3, 0.4) is 0 Å². The van der Waals surface area contributed by atoms with Gasteiger partial charge in [0, 0.05) is 31.2 Å². The quantitative estimate of drug-likeness (QED) is 0.320. The number of alkyl carbamates (subject to hydrolysis) is 1. The summed E-state index contributed by atoms with van der Waals surface area (Å²) in [5, 5.41) is 7.71. The molecule has 1 N–H and O–H groups in total. The summed E-state index contributed by atoms with van der Waals surface area (Å²) >= 11 is 0. The number of hydrogen-bond donors (Lipinski definition) is 1. The first-order valence-corrected chi connectivity index (χ1v) is 12.9. The second-order valence-corrected chi connectivity index (χ2v) is 10.7. The maximum absolute atomic E-state index is 13.7. The van der Waals surface area contributed by atoms with Crippen LogP contribution in [0.15, 0.2) is 77.5 Å². The SMILES string of the molecule is CC(C)(C)OC(=O)NC1CCN(Cc2cnn(-c3ccc(-c4cccc(F)c4)cc3)c2-c2ccco2)CC1. The maximum atomic E-state index is 13.7. The third-order valence-corrected chi connectivity index (χ3v) is 6.57. The third-order valence-electron chi connectivity index (χ3n) is 6.57. The predicted molar refractivity (Wildman–Crippen MR) is 144 cm³/mol. The summed E-state index contributed by atoms with van der Waals surface area (Å²) in [5.74, 6) is 0.487. The number of rotatable bonds is 6.